The number of carbonyl (C=O) groups is 3. The number of hydrogen-bond donors (Lipinski definition) is 2. The van der Waals surface area contributed by atoms with Crippen LogP contribution in [0.25, 0.3) is 0 Å². The third-order valence-electron chi connectivity index (χ3n) is 5.17. The fraction of sp³-hybridized carbons (Fsp3) is 0.500. The summed E-state index contributed by atoms with van der Waals surface area (Å²) in [6, 6.07) is 0. The molecule has 0 aromatic heterocycles. The van der Waals surface area contributed by atoms with Gasteiger partial charge in [-0.2, -0.15) is 0 Å². The van der Waals surface area contributed by atoms with Gasteiger partial charge in [0.2, 0.25) is 0 Å². The lowest BCUT2D eigenvalue weighted by molar-refractivity contribution is -0.148. The SMILES string of the molecule is C=C1C(=O)O[C@@H]2/C=C(/C)[C@H](OC(C)=O)C/C=C(/CO)C[C@@H](OC(=O)/C(C)=C/CO)[C@@H]12. The molecule has 1 aliphatic heterocycles. The molecule has 0 bridgehead atoms. The molecule has 2 N–H and O–H groups in total. The van der Waals surface area contributed by atoms with E-state index in [2.05, 4.69) is 6.58 Å². The monoisotopic (exact) mass is 420 g/mol. The fourth-order valence-corrected chi connectivity index (χ4v) is 3.51. The van der Waals surface area contributed by atoms with Crippen molar-refractivity contribution in [3.8, 4) is 0 Å². The molecular formula is C22H28O8. The zero-order valence-corrected chi connectivity index (χ0v) is 17.4. The number of rotatable bonds is 5. The van der Waals surface area contributed by atoms with Gasteiger partial charge in [0.25, 0.3) is 0 Å². The lowest BCUT2D eigenvalue weighted by Gasteiger charge is -2.29. The molecule has 0 amide bonds. The van der Waals surface area contributed by atoms with Crippen LogP contribution in [0.15, 0.2) is 47.1 Å². The van der Waals surface area contributed by atoms with Gasteiger partial charge in [-0.05, 0) is 37.1 Å². The Morgan fingerprint density at radius 3 is 2.60 bits per heavy atom. The van der Waals surface area contributed by atoms with Gasteiger partial charge in [0.15, 0.2) is 0 Å². The summed E-state index contributed by atoms with van der Waals surface area (Å²) in [6.45, 7) is 7.77. The minimum Gasteiger partial charge on any atom is -0.458 e. The highest BCUT2D eigenvalue weighted by Crippen LogP contribution is 2.36. The van der Waals surface area contributed by atoms with Crippen molar-refractivity contribution in [3.05, 3.63) is 47.1 Å². The third kappa shape index (κ3) is 5.67. The molecule has 0 aromatic carbocycles. The molecule has 2 aliphatic rings. The molecule has 0 saturated carbocycles. The zero-order valence-electron chi connectivity index (χ0n) is 17.4. The second kappa shape index (κ2) is 10.4. The maximum absolute atomic E-state index is 12.5. The zero-order chi connectivity index (χ0) is 22.4. The average Bonchev–Trinajstić information content (AvgIpc) is 2.95. The molecule has 1 fully saturated rings. The van der Waals surface area contributed by atoms with E-state index in [9.17, 15) is 19.5 Å². The van der Waals surface area contributed by atoms with Gasteiger partial charge in [-0.25, -0.2) is 9.59 Å². The Bertz CT molecular complexity index is 804. The summed E-state index contributed by atoms with van der Waals surface area (Å²) in [7, 11) is 0. The predicted octanol–water partition coefficient (Wildman–Crippen LogP) is 1.53. The highest BCUT2D eigenvalue weighted by atomic mass is 16.6. The number of aliphatic hydroxyl groups excluding tert-OH is 2. The summed E-state index contributed by atoms with van der Waals surface area (Å²) in [5.41, 5.74) is 1.61. The van der Waals surface area contributed by atoms with Crippen molar-refractivity contribution in [2.75, 3.05) is 13.2 Å². The molecule has 0 aromatic rings. The minimum atomic E-state index is -0.823. The maximum atomic E-state index is 12.5. The molecule has 0 radical (unpaired) electrons. The number of hydrogen-bond acceptors (Lipinski definition) is 8. The Morgan fingerprint density at radius 1 is 1.30 bits per heavy atom. The van der Waals surface area contributed by atoms with Crippen LogP contribution in [0.2, 0.25) is 0 Å². The Kier molecular flexibility index (Phi) is 8.14. The van der Waals surface area contributed by atoms with Gasteiger partial charge in [-0.3, -0.25) is 4.79 Å². The second-order valence-electron chi connectivity index (χ2n) is 7.40. The highest BCUT2D eigenvalue weighted by Gasteiger charge is 2.45. The van der Waals surface area contributed by atoms with Crippen LogP contribution in [-0.4, -0.2) is 59.6 Å². The Labute approximate surface area is 175 Å². The topological polar surface area (TPSA) is 119 Å². The first-order valence-electron chi connectivity index (χ1n) is 9.70. The smallest absolute Gasteiger partial charge is 0.334 e. The van der Waals surface area contributed by atoms with Crippen LogP contribution in [-0.2, 0) is 28.6 Å². The van der Waals surface area contributed by atoms with E-state index in [4.69, 9.17) is 19.3 Å². The van der Waals surface area contributed by atoms with E-state index < -0.39 is 42.1 Å². The molecule has 0 unspecified atom stereocenters. The number of aliphatic hydroxyl groups is 2. The first kappa shape index (κ1) is 23.6. The molecule has 2 rings (SSSR count). The van der Waals surface area contributed by atoms with E-state index in [1.807, 2.05) is 0 Å². The quantitative estimate of drug-likeness (QED) is 0.297. The van der Waals surface area contributed by atoms with E-state index in [1.54, 1.807) is 19.1 Å². The second-order valence-corrected chi connectivity index (χ2v) is 7.40. The summed E-state index contributed by atoms with van der Waals surface area (Å²) in [5, 5.41) is 18.8. The molecule has 8 nitrogen and oxygen atoms in total. The van der Waals surface area contributed by atoms with Gasteiger partial charge < -0.3 is 24.4 Å². The largest absolute Gasteiger partial charge is 0.458 e. The van der Waals surface area contributed by atoms with Crippen molar-refractivity contribution in [1.82, 2.24) is 0 Å². The molecule has 4 atom stereocenters. The summed E-state index contributed by atoms with van der Waals surface area (Å²) >= 11 is 0. The molecular weight excluding hydrogens is 392 g/mol. The van der Waals surface area contributed by atoms with Gasteiger partial charge >= 0.3 is 17.9 Å². The first-order valence-corrected chi connectivity index (χ1v) is 9.70. The Balaban J connectivity index is 2.46. The Hall–Kier alpha value is -2.71. The molecule has 1 heterocycles. The van der Waals surface area contributed by atoms with Crippen LogP contribution in [0, 0.1) is 5.92 Å². The van der Waals surface area contributed by atoms with Gasteiger partial charge in [-0.1, -0.05) is 12.7 Å². The summed E-state index contributed by atoms with van der Waals surface area (Å²) in [5.74, 6) is -2.38. The van der Waals surface area contributed by atoms with Crippen LogP contribution < -0.4 is 0 Å². The lowest BCUT2D eigenvalue weighted by Crippen LogP contribution is -2.34. The highest BCUT2D eigenvalue weighted by molar-refractivity contribution is 5.92. The molecule has 30 heavy (non-hydrogen) atoms. The van der Waals surface area contributed by atoms with Crippen molar-refractivity contribution in [2.24, 2.45) is 5.92 Å². The average molecular weight is 420 g/mol. The maximum Gasteiger partial charge on any atom is 0.334 e. The van der Waals surface area contributed by atoms with Gasteiger partial charge in [0.05, 0.1) is 19.1 Å². The normalized spacial score (nSPS) is 30.9. The molecule has 0 spiro atoms. The summed E-state index contributed by atoms with van der Waals surface area (Å²) in [4.78, 5) is 36.2. The van der Waals surface area contributed by atoms with Crippen molar-refractivity contribution in [1.29, 1.82) is 0 Å². The minimum absolute atomic E-state index is 0.144. The molecule has 164 valence electrons. The van der Waals surface area contributed by atoms with E-state index in [-0.39, 0.29) is 30.8 Å². The fourth-order valence-electron chi connectivity index (χ4n) is 3.51. The van der Waals surface area contributed by atoms with Gasteiger partial charge in [-0.15, -0.1) is 0 Å². The van der Waals surface area contributed by atoms with Crippen molar-refractivity contribution < 1.29 is 38.8 Å². The third-order valence-corrected chi connectivity index (χ3v) is 5.17. The first-order chi connectivity index (χ1) is 14.2. The Morgan fingerprint density at radius 2 is 2.00 bits per heavy atom. The van der Waals surface area contributed by atoms with E-state index >= 15 is 0 Å². The molecule has 8 heteroatoms. The van der Waals surface area contributed by atoms with Crippen molar-refractivity contribution in [3.63, 3.8) is 0 Å². The number of fused-ring (bicyclic) bond motifs is 1. The van der Waals surface area contributed by atoms with Crippen LogP contribution in [0.3, 0.4) is 0 Å². The lowest BCUT2D eigenvalue weighted by atomic mass is 9.85. The molecule has 1 saturated heterocycles. The van der Waals surface area contributed by atoms with E-state index in [1.165, 1.54) is 19.9 Å². The summed E-state index contributed by atoms with van der Waals surface area (Å²) in [6.07, 6.45) is 3.04. The van der Waals surface area contributed by atoms with E-state index in [0.717, 1.165) is 0 Å². The number of esters is 3. The van der Waals surface area contributed by atoms with Crippen molar-refractivity contribution in [2.45, 2.75) is 51.9 Å². The predicted molar refractivity (Wildman–Crippen MR) is 107 cm³/mol. The number of carbonyl (C=O) groups excluding carboxylic acids is 3. The number of ether oxygens (including phenoxy) is 3. The summed E-state index contributed by atoms with van der Waals surface area (Å²) < 4.78 is 16.5. The van der Waals surface area contributed by atoms with E-state index in [0.29, 0.717) is 17.6 Å². The van der Waals surface area contributed by atoms with Crippen LogP contribution >= 0.6 is 0 Å². The standard InChI is InChI=1S/C22H28O8/c1-12(7-8-23)21(26)29-19-10-16(11-24)5-6-17(28-15(4)25)13(2)9-18-20(19)14(3)22(27)30-18/h5,7,9,17-20,23-24H,3,6,8,10-11H2,1-2,4H3/b12-7+,13-9-,16-5+/t17-,18-,19-,20+/m1/s1. The molecule has 1 aliphatic carbocycles. The van der Waals surface area contributed by atoms with Crippen LogP contribution in [0.4, 0.5) is 0 Å². The van der Waals surface area contributed by atoms with Crippen LogP contribution in [0.5, 0.6) is 0 Å². The van der Waals surface area contributed by atoms with Crippen molar-refractivity contribution >= 4 is 17.9 Å². The van der Waals surface area contributed by atoms with Crippen LogP contribution in [0.1, 0.15) is 33.6 Å². The van der Waals surface area contributed by atoms with Gasteiger partial charge in [0, 0.05) is 30.9 Å². The van der Waals surface area contributed by atoms with Gasteiger partial charge in [0.1, 0.15) is 18.3 Å².